The molecular formula is C13H17N5S. The number of aromatic nitrogens is 4. The monoisotopic (exact) mass is 275 g/mol. The van der Waals surface area contributed by atoms with E-state index in [1.54, 1.807) is 6.20 Å². The van der Waals surface area contributed by atoms with Crippen molar-refractivity contribution in [2.45, 2.75) is 37.4 Å². The Kier molecular flexibility index (Phi) is 4.68. The van der Waals surface area contributed by atoms with Crippen molar-refractivity contribution in [3.05, 3.63) is 29.7 Å². The molecule has 0 aliphatic rings. The number of rotatable bonds is 5. The Bertz CT molecular complexity index is 558. The molecule has 6 heteroatoms. The molecule has 2 aromatic heterocycles. The molecule has 2 heterocycles. The number of anilines is 1. The SMILES string of the molecule is CCCNc1nc(C)cc(Sc2nccc(C)n2)n1. The van der Waals surface area contributed by atoms with Gasteiger partial charge >= 0.3 is 0 Å². The molecule has 2 aromatic rings. The fourth-order valence-electron chi connectivity index (χ4n) is 1.48. The van der Waals surface area contributed by atoms with Crippen molar-refractivity contribution in [1.29, 1.82) is 0 Å². The lowest BCUT2D eigenvalue weighted by atomic mass is 10.4. The van der Waals surface area contributed by atoms with Crippen LogP contribution in [0.15, 0.2) is 28.5 Å². The molecule has 2 rings (SSSR count). The summed E-state index contributed by atoms with van der Waals surface area (Å²) in [6, 6.07) is 3.82. The normalized spacial score (nSPS) is 10.5. The summed E-state index contributed by atoms with van der Waals surface area (Å²) < 4.78 is 0. The standard InChI is InChI=1S/C13H17N5S/c1-4-6-14-12-16-10(3)8-11(18-12)19-13-15-7-5-9(2)17-13/h5,7-8H,4,6H2,1-3H3,(H,14,16,18). The van der Waals surface area contributed by atoms with Crippen LogP contribution >= 0.6 is 11.8 Å². The van der Waals surface area contributed by atoms with Crippen molar-refractivity contribution in [2.24, 2.45) is 0 Å². The van der Waals surface area contributed by atoms with Crippen LogP contribution in [0.25, 0.3) is 0 Å². The topological polar surface area (TPSA) is 63.6 Å². The van der Waals surface area contributed by atoms with Gasteiger partial charge in [-0.1, -0.05) is 6.92 Å². The molecule has 19 heavy (non-hydrogen) atoms. The molecular weight excluding hydrogens is 258 g/mol. The lowest BCUT2D eigenvalue weighted by Gasteiger charge is -2.06. The molecule has 0 fully saturated rings. The minimum Gasteiger partial charge on any atom is -0.354 e. The molecule has 0 amide bonds. The van der Waals surface area contributed by atoms with Gasteiger partial charge in [0.1, 0.15) is 5.03 Å². The molecule has 0 saturated carbocycles. The van der Waals surface area contributed by atoms with E-state index in [4.69, 9.17) is 0 Å². The van der Waals surface area contributed by atoms with Crippen LogP contribution in [0, 0.1) is 13.8 Å². The molecule has 0 aliphatic carbocycles. The smallest absolute Gasteiger partial charge is 0.223 e. The van der Waals surface area contributed by atoms with Crippen LogP contribution in [-0.4, -0.2) is 26.5 Å². The zero-order valence-electron chi connectivity index (χ0n) is 11.3. The molecule has 0 atom stereocenters. The molecule has 0 unspecified atom stereocenters. The third kappa shape index (κ3) is 4.17. The molecule has 0 aliphatic heterocycles. The van der Waals surface area contributed by atoms with E-state index in [1.807, 2.05) is 26.0 Å². The van der Waals surface area contributed by atoms with Crippen molar-refractivity contribution < 1.29 is 0 Å². The highest BCUT2D eigenvalue weighted by molar-refractivity contribution is 7.99. The van der Waals surface area contributed by atoms with Gasteiger partial charge in [0, 0.05) is 24.1 Å². The predicted molar refractivity (Wildman–Crippen MR) is 76.4 cm³/mol. The number of nitrogens with one attached hydrogen (secondary N) is 1. The molecule has 0 aromatic carbocycles. The van der Waals surface area contributed by atoms with Gasteiger partial charge in [-0.3, -0.25) is 0 Å². The first kappa shape index (κ1) is 13.7. The van der Waals surface area contributed by atoms with E-state index in [-0.39, 0.29) is 0 Å². The maximum Gasteiger partial charge on any atom is 0.223 e. The summed E-state index contributed by atoms with van der Waals surface area (Å²) in [5.74, 6) is 0.664. The van der Waals surface area contributed by atoms with Crippen molar-refractivity contribution in [3.63, 3.8) is 0 Å². The summed E-state index contributed by atoms with van der Waals surface area (Å²) in [6.45, 7) is 6.89. The molecule has 1 N–H and O–H groups in total. The van der Waals surface area contributed by atoms with E-state index >= 15 is 0 Å². The van der Waals surface area contributed by atoms with Gasteiger partial charge in [-0.25, -0.2) is 19.9 Å². The van der Waals surface area contributed by atoms with Gasteiger partial charge in [-0.05, 0) is 44.2 Å². The van der Waals surface area contributed by atoms with Gasteiger partial charge in [-0.2, -0.15) is 0 Å². The second-order valence-electron chi connectivity index (χ2n) is 4.18. The Balaban J connectivity index is 2.17. The average Bonchev–Trinajstić information content (AvgIpc) is 2.35. The number of nitrogens with zero attached hydrogens (tertiary/aromatic N) is 4. The van der Waals surface area contributed by atoms with Crippen LogP contribution in [0.4, 0.5) is 5.95 Å². The second kappa shape index (κ2) is 6.47. The third-order valence-corrected chi connectivity index (χ3v) is 3.13. The Morgan fingerprint density at radius 3 is 2.74 bits per heavy atom. The van der Waals surface area contributed by atoms with Gasteiger partial charge in [0.25, 0.3) is 0 Å². The summed E-state index contributed by atoms with van der Waals surface area (Å²) in [6.07, 6.45) is 2.80. The molecule has 0 radical (unpaired) electrons. The fourth-order valence-corrected chi connectivity index (χ4v) is 2.33. The van der Waals surface area contributed by atoms with Crippen LogP contribution in [0.3, 0.4) is 0 Å². The van der Waals surface area contributed by atoms with Crippen LogP contribution in [0.5, 0.6) is 0 Å². The summed E-state index contributed by atoms with van der Waals surface area (Å²) >= 11 is 1.45. The second-order valence-corrected chi connectivity index (χ2v) is 5.17. The highest BCUT2D eigenvalue weighted by Gasteiger charge is 2.06. The Labute approximate surface area is 117 Å². The number of hydrogen-bond donors (Lipinski definition) is 1. The van der Waals surface area contributed by atoms with Gasteiger partial charge < -0.3 is 5.32 Å². The van der Waals surface area contributed by atoms with Gasteiger partial charge in [0.2, 0.25) is 5.95 Å². The van der Waals surface area contributed by atoms with Crippen molar-refractivity contribution in [1.82, 2.24) is 19.9 Å². The van der Waals surface area contributed by atoms with E-state index in [0.29, 0.717) is 11.1 Å². The molecule has 0 bridgehead atoms. The summed E-state index contributed by atoms with van der Waals surface area (Å²) in [7, 11) is 0. The quantitative estimate of drug-likeness (QED) is 0.668. The molecule has 0 saturated heterocycles. The first-order valence-electron chi connectivity index (χ1n) is 6.24. The largest absolute Gasteiger partial charge is 0.354 e. The summed E-state index contributed by atoms with van der Waals surface area (Å²) in [5.41, 5.74) is 1.89. The third-order valence-electron chi connectivity index (χ3n) is 2.33. The van der Waals surface area contributed by atoms with Crippen LogP contribution < -0.4 is 5.32 Å². The first-order valence-corrected chi connectivity index (χ1v) is 7.06. The van der Waals surface area contributed by atoms with E-state index in [2.05, 4.69) is 32.2 Å². The maximum atomic E-state index is 4.46. The van der Waals surface area contributed by atoms with Gasteiger partial charge in [0.05, 0.1) is 0 Å². The molecule has 5 nitrogen and oxygen atoms in total. The average molecular weight is 275 g/mol. The Morgan fingerprint density at radius 2 is 2.00 bits per heavy atom. The van der Waals surface area contributed by atoms with Gasteiger partial charge in [-0.15, -0.1) is 0 Å². The summed E-state index contributed by atoms with van der Waals surface area (Å²) in [5, 5.41) is 4.76. The Morgan fingerprint density at radius 1 is 1.16 bits per heavy atom. The molecule has 0 spiro atoms. The first-order chi connectivity index (χ1) is 9.17. The van der Waals surface area contributed by atoms with E-state index in [0.717, 1.165) is 29.4 Å². The van der Waals surface area contributed by atoms with Crippen LogP contribution in [-0.2, 0) is 0 Å². The maximum absolute atomic E-state index is 4.46. The number of hydrogen-bond acceptors (Lipinski definition) is 6. The van der Waals surface area contributed by atoms with Crippen molar-refractivity contribution in [2.75, 3.05) is 11.9 Å². The minimum atomic E-state index is 0.664. The van der Waals surface area contributed by atoms with Crippen molar-refractivity contribution >= 4 is 17.7 Å². The Hall–Kier alpha value is -1.69. The summed E-state index contributed by atoms with van der Waals surface area (Å²) in [4.78, 5) is 17.4. The van der Waals surface area contributed by atoms with Crippen LogP contribution in [0.2, 0.25) is 0 Å². The zero-order chi connectivity index (χ0) is 13.7. The highest BCUT2D eigenvalue weighted by Crippen LogP contribution is 2.23. The minimum absolute atomic E-state index is 0.664. The lowest BCUT2D eigenvalue weighted by molar-refractivity contribution is 0.909. The number of aryl methyl sites for hydroxylation is 2. The molecule has 100 valence electrons. The van der Waals surface area contributed by atoms with E-state index in [1.165, 1.54) is 11.8 Å². The highest BCUT2D eigenvalue weighted by atomic mass is 32.2. The van der Waals surface area contributed by atoms with Gasteiger partial charge in [0.15, 0.2) is 5.16 Å². The van der Waals surface area contributed by atoms with Crippen molar-refractivity contribution in [3.8, 4) is 0 Å². The van der Waals surface area contributed by atoms with E-state index in [9.17, 15) is 0 Å². The fraction of sp³-hybridized carbons (Fsp3) is 0.385. The van der Waals surface area contributed by atoms with E-state index < -0.39 is 0 Å². The van der Waals surface area contributed by atoms with Crippen LogP contribution in [0.1, 0.15) is 24.7 Å². The zero-order valence-corrected chi connectivity index (χ0v) is 12.2. The predicted octanol–water partition coefficient (Wildman–Crippen LogP) is 2.86. The lowest BCUT2D eigenvalue weighted by Crippen LogP contribution is -2.05.